The summed E-state index contributed by atoms with van der Waals surface area (Å²) in [6.07, 6.45) is 1.41. The van der Waals surface area contributed by atoms with E-state index in [9.17, 15) is 9.59 Å². The fraction of sp³-hybridized carbons (Fsp3) is 0.231. The first-order valence-electron chi connectivity index (χ1n) is 5.63. The molecule has 0 atom stereocenters. The van der Waals surface area contributed by atoms with Crippen LogP contribution in [0.25, 0.3) is 16.5 Å². The van der Waals surface area contributed by atoms with Gasteiger partial charge in [0.15, 0.2) is 5.78 Å². The lowest BCUT2D eigenvalue weighted by molar-refractivity contribution is -0.139. The van der Waals surface area contributed by atoms with Crippen molar-refractivity contribution in [1.82, 2.24) is 0 Å². The third-order valence-corrected chi connectivity index (χ3v) is 2.22. The molecule has 98 valence electrons. The van der Waals surface area contributed by atoms with Crippen molar-refractivity contribution in [2.24, 2.45) is 5.11 Å². The Morgan fingerprint density at radius 1 is 1.47 bits per heavy atom. The summed E-state index contributed by atoms with van der Waals surface area (Å²) in [5.41, 5.74) is 9.30. The molecule has 0 saturated heterocycles. The smallest absolute Gasteiger partial charge is 0.341 e. The van der Waals surface area contributed by atoms with Crippen LogP contribution in [-0.2, 0) is 14.3 Å². The van der Waals surface area contributed by atoms with Crippen LogP contribution in [0.15, 0.2) is 35.0 Å². The summed E-state index contributed by atoms with van der Waals surface area (Å²) in [6, 6.07) is 6.55. The van der Waals surface area contributed by atoms with Crippen molar-refractivity contribution in [3.8, 4) is 0 Å². The van der Waals surface area contributed by atoms with E-state index in [4.69, 9.17) is 10.3 Å². The number of azide groups is 1. The van der Waals surface area contributed by atoms with Crippen molar-refractivity contribution < 1.29 is 14.3 Å². The molecular weight excluding hydrogens is 246 g/mol. The number of Topliss-reactive ketones (excluding diaryl/α,β-unsaturated/α-hetero) is 1. The van der Waals surface area contributed by atoms with Crippen molar-refractivity contribution in [3.63, 3.8) is 0 Å². The van der Waals surface area contributed by atoms with E-state index in [1.54, 1.807) is 31.2 Å². The lowest BCUT2D eigenvalue weighted by atomic mass is 10.1. The second kappa shape index (κ2) is 6.98. The zero-order valence-electron chi connectivity index (χ0n) is 10.7. The molecule has 0 heterocycles. The highest BCUT2D eigenvalue weighted by molar-refractivity contribution is 6.19. The first-order valence-corrected chi connectivity index (χ1v) is 5.63. The number of rotatable bonds is 5. The lowest BCUT2D eigenvalue weighted by Crippen LogP contribution is -2.13. The third-order valence-electron chi connectivity index (χ3n) is 2.22. The summed E-state index contributed by atoms with van der Waals surface area (Å²) in [5.74, 6) is -1.04. The van der Waals surface area contributed by atoms with Gasteiger partial charge in [-0.05, 0) is 37.1 Å². The van der Waals surface area contributed by atoms with Gasteiger partial charge in [0.05, 0.1) is 6.61 Å². The Kier molecular flexibility index (Phi) is 5.32. The van der Waals surface area contributed by atoms with Crippen molar-refractivity contribution >= 4 is 23.5 Å². The van der Waals surface area contributed by atoms with E-state index in [0.29, 0.717) is 11.3 Å². The molecule has 1 aromatic rings. The van der Waals surface area contributed by atoms with Crippen molar-refractivity contribution in [2.75, 3.05) is 6.61 Å². The van der Waals surface area contributed by atoms with Gasteiger partial charge in [0.1, 0.15) is 5.57 Å². The molecule has 0 radical (unpaired) electrons. The van der Waals surface area contributed by atoms with Crippen LogP contribution in [0, 0.1) is 0 Å². The van der Waals surface area contributed by atoms with Gasteiger partial charge in [0.25, 0.3) is 0 Å². The Balaban J connectivity index is 3.15. The monoisotopic (exact) mass is 259 g/mol. The minimum Gasteiger partial charge on any atom is -0.462 e. The molecule has 0 fully saturated rings. The van der Waals surface area contributed by atoms with Crippen LogP contribution in [0.4, 0.5) is 5.69 Å². The van der Waals surface area contributed by atoms with Crippen LogP contribution in [-0.4, -0.2) is 18.4 Å². The van der Waals surface area contributed by atoms with E-state index in [2.05, 4.69) is 10.0 Å². The fourth-order valence-electron chi connectivity index (χ4n) is 1.41. The maximum Gasteiger partial charge on any atom is 0.341 e. The number of carbonyl (C=O) groups is 2. The summed E-state index contributed by atoms with van der Waals surface area (Å²) in [6.45, 7) is 3.15. The summed E-state index contributed by atoms with van der Waals surface area (Å²) < 4.78 is 4.81. The zero-order valence-corrected chi connectivity index (χ0v) is 10.7. The van der Waals surface area contributed by atoms with Gasteiger partial charge in [-0.25, -0.2) is 4.79 Å². The van der Waals surface area contributed by atoms with E-state index in [-0.39, 0.29) is 18.0 Å². The average molecular weight is 259 g/mol. The molecule has 1 aromatic carbocycles. The molecule has 19 heavy (non-hydrogen) atoms. The molecule has 0 aliphatic heterocycles. The van der Waals surface area contributed by atoms with Gasteiger partial charge in [-0.2, -0.15) is 0 Å². The van der Waals surface area contributed by atoms with E-state index in [0.717, 1.165) is 0 Å². The van der Waals surface area contributed by atoms with Gasteiger partial charge in [-0.1, -0.05) is 23.3 Å². The molecular formula is C13H13N3O3. The molecule has 0 amide bonds. The first-order chi connectivity index (χ1) is 9.08. The van der Waals surface area contributed by atoms with Crippen LogP contribution < -0.4 is 0 Å². The largest absolute Gasteiger partial charge is 0.462 e. The molecule has 0 N–H and O–H groups in total. The van der Waals surface area contributed by atoms with Crippen LogP contribution in [0.3, 0.4) is 0 Å². The highest BCUT2D eigenvalue weighted by atomic mass is 16.5. The Morgan fingerprint density at radius 2 is 2.21 bits per heavy atom. The number of benzene rings is 1. The second-order valence-electron chi connectivity index (χ2n) is 3.62. The summed E-state index contributed by atoms with van der Waals surface area (Å²) >= 11 is 0. The third kappa shape index (κ3) is 4.29. The number of nitrogens with zero attached hydrogens (tertiary/aromatic N) is 3. The molecule has 0 spiro atoms. The minimum atomic E-state index is -0.663. The maximum absolute atomic E-state index is 11.6. The summed E-state index contributed by atoms with van der Waals surface area (Å²) in [7, 11) is 0. The van der Waals surface area contributed by atoms with Crippen LogP contribution in [0.1, 0.15) is 19.4 Å². The van der Waals surface area contributed by atoms with E-state index >= 15 is 0 Å². The van der Waals surface area contributed by atoms with Crippen LogP contribution >= 0.6 is 0 Å². The second-order valence-corrected chi connectivity index (χ2v) is 3.62. The Bertz CT molecular complexity index is 572. The number of hydrogen-bond donors (Lipinski definition) is 0. The molecule has 0 aromatic heterocycles. The maximum atomic E-state index is 11.6. The summed E-state index contributed by atoms with van der Waals surface area (Å²) in [5, 5.41) is 3.45. The number of ether oxygens (including phenoxy) is 1. The van der Waals surface area contributed by atoms with Gasteiger partial charge in [0.2, 0.25) is 0 Å². The van der Waals surface area contributed by atoms with Gasteiger partial charge < -0.3 is 4.74 Å². The van der Waals surface area contributed by atoms with Crippen molar-refractivity contribution in [3.05, 3.63) is 45.8 Å². The van der Waals surface area contributed by atoms with Gasteiger partial charge >= 0.3 is 5.97 Å². The molecule has 6 nitrogen and oxygen atoms in total. The first kappa shape index (κ1) is 14.5. The lowest BCUT2D eigenvalue weighted by Gasteiger charge is -2.04. The number of carbonyl (C=O) groups excluding carboxylic acids is 2. The van der Waals surface area contributed by atoms with Gasteiger partial charge in [-0.3, -0.25) is 4.79 Å². The van der Waals surface area contributed by atoms with Crippen molar-refractivity contribution in [2.45, 2.75) is 13.8 Å². The summed E-state index contributed by atoms with van der Waals surface area (Å²) in [4.78, 5) is 25.7. The predicted octanol–water partition coefficient (Wildman–Crippen LogP) is 3.16. The average Bonchev–Trinajstić information content (AvgIpc) is 2.36. The van der Waals surface area contributed by atoms with Crippen LogP contribution in [0.5, 0.6) is 0 Å². The number of ketones is 1. The molecule has 6 heteroatoms. The number of hydrogen-bond acceptors (Lipinski definition) is 4. The van der Waals surface area contributed by atoms with Gasteiger partial charge in [-0.15, -0.1) is 0 Å². The van der Waals surface area contributed by atoms with Gasteiger partial charge in [0, 0.05) is 10.6 Å². The predicted molar refractivity (Wildman–Crippen MR) is 70.5 cm³/mol. The SMILES string of the molecule is CCOC(=O)C(=Cc1cccc(N=[N+]=[N-])c1)C(C)=O. The molecule has 0 bridgehead atoms. The zero-order chi connectivity index (χ0) is 14.3. The normalized spacial score (nSPS) is 10.5. The molecule has 0 aliphatic carbocycles. The molecule has 0 saturated carbocycles. The fourth-order valence-corrected chi connectivity index (χ4v) is 1.41. The standard InChI is InChI=1S/C13H13N3O3/c1-3-19-13(18)12(9(2)17)8-10-5-4-6-11(7-10)15-16-14/h4-8H,3H2,1-2H3. The Morgan fingerprint density at radius 3 is 2.79 bits per heavy atom. The number of esters is 1. The van der Waals surface area contributed by atoms with E-state index in [1.807, 2.05) is 0 Å². The van der Waals surface area contributed by atoms with Crippen LogP contribution in [0.2, 0.25) is 0 Å². The molecule has 0 aliphatic rings. The molecule has 0 unspecified atom stereocenters. The quantitative estimate of drug-likeness (QED) is 0.155. The minimum absolute atomic E-state index is 0.0417. The highest BCUT2D eigenvalue weighted by Crippen LogP contribution is 2.17. The topological polar surface area (TPSA) is 92.1 Å². The highest BCUT2D eigenvalue weighted by Gasteiger charge is 2.15. The molecule has 1 rings (SSSR count). The van der Waals surface area contributed by atoms with E-state index < -0.39 is 5.97 Å². The van der Waals surface area contributed by atoms with Crippen molar-refractivity contribution in [1.29, 1.82) is 0 Å². The van der Waals surface area contributed by atoms with E-state index in [1.165, 1.54) is 13.0 Å². The Hall–Kier alpha value is -2.59. The Labute approximate surface area is 110 Å².